The van der Waals surface area contributed by atoms with E-state index in [1.54, 1.807) is 0 Å². The number of hydrogen-bond acceptors (Lipinski definition) is 4. The first-order chi connectivity index (χ1) is 13.9. The Morgan fingerprint density at radius 3 is 2.62 bits per heavy atom. The van der Waals surface area contributed by atoms with E-state index in [1.807, 2.05) is 55.1 Å². The van der Waals surface area contributed by atoms with Crippen molar-refractivity contribution in [3.05, 3.63) is 86.3 Å². The van der Waals surface area contributed by atoms with E-state index in [2.05, 4.69) is 28.1 Å². The summed E-state index contributed by atoms with van der Waals surface area (Å²) in [7, 11) is 0. The Morgan fingerprint density at radius 1 is 1.17 bits per heavy atom. The third kappa shape index (κ3) is 3.18. The van der Waals surface area contributed by atoms with Crippen LogP contribution in [0.25, 0.3) is 0 Å². The number of ketones is 1. The van der Waals surface area contributed by atoms with E-state index < -0.39 is 5.92 Å². The Morgan fingerprint density at radius 2 is 1.93 bits per heavy atom. The number of anilines is 1. The van der Waals surface area contributed by atoms with Crippen LogP contribution in [0.15, 0.2) is 69.6 Å². The summed E-state index contributed by atoms with van der Waals surface area (Å²) in [6.45, 7) is 4.07. The van der Waals surface area contributed by atoms with Crippen molar-refractivity contribution < 1.29 is 4.79 Å². The second-order valence-electron chi connectivity index (χ2n) is 7.63. The summed E-state index contributed by atoms with van der Waals surface area (Å²) in [5.74, 6) is 0.0912. The quantitative estimate of drug-likeness (QED) is 0.671. The molecule has 2 aromatic rings. The number of nitrogens with zero attached hydrogens (tertiary/aromatic N) is 2. The van der Waals surface area contributed by atoms with E-state index in [0.29, 0.717) is 23.4 Å². The second kappa shape index (κ2) is 7.53. The van der Waals surface area contributed by atoms with Crippen LogP contribution in [0.1, 0.15) is 41.9 Å². The largest absolute Gasteiger partial charge is 0.384 e. The fourth-order valence-electron chi connectivity index (χ4n) is 4.46. The number of rotatable bonds is 2. The molecule has 1 heterocycles. The molecule has 4 nitrogen and oxygen atoms in total. The van der Waals surface area contributed by atoms with E-state index in [1.165, 1.54) is 0 Å². The number of allylic oxidation sites excluding steroid dienone is 3. The fraction of sp³-hybridized carbons (Fsp3) is 0.250. The molecule has 29 heavy (non-hydrogen) atoms. The molecular weight excluding hydrogens is 426 g/mol. The van der Waals surface area contributed by atoms with Gasteiger partial charge in [-0.2, -0.15) is 5.26 Å². The van der Waals surface area contributed by atoms with Gasteiger partial charge in [0.15, 0.2) is 5.78 Å². The smallest absolute Gasteiger partial charge is 0.161 e. The van der Waals surface area contributed by atoms with Crippen molar-refractivity contribution in [2.45, 2.75) is 39.0 Å². The van der Waals surface area contributed by atoms with Crippen LogP contribution in [0.4, 0.5) is 5.69 Å². The minimum atomic E-state index is -0.415. The molecule has 0 saturated carbocycles. The number of halogens is 1. The lowest BCUT2D eigenvalue weighted by molar-refractivity contribution is -0.116. The minimum Gasteiger partial charge on any atom is -0.384 e. The van der Waals surface area contributed by atoms with E-state index >= 15 is 0 Å². The minimum absolute atomic E-state index is 0.105. The molecule has 5 heteroatoms. The number of carbonyl (C=O) groups is 1. The van der Waals surface area contributed by atoms with Crippen LogP contribution >= 0.6 is 15.9 Å². The average molecular weight is 448 g/mol. The molecule has 0 fully saturated rings. The summed E-state index contributed by atoms with van der Waals surface area (Å²) in [6, 6.07) is 16.2. The average Bonchev–Trinajstić information content (AvgIpc) is 2.69. The molecule has 2 N–H and O–H groups in total. The highest BCUT2D eigenvalue weighted by molar-refractivity contribution is 9.10. The van der Waals surface area contributed by atoms with Crippen LogP contribution in [0.5, 0.6) is 0 Å². The lowest BCUT2D eigenvalue weighted by Gasteiger charge is -2.40. The Kier molecular flexibility index (Phi) is 5.06. The summed E-state index contributed by atoms with van der Waals surface area (Å²) in [4.78, 5) is 15.0. The molecule has 4 rings (SSSR count). The SMILES string of the molecule is Cc1ccc(C2C(C#N)=C(N)N(c3ccccc3Br)C3=C2C(=O)CCC3)c(C)c1. The van der Waals surface area contributed by atoms with Gasteiger partial charge in [-0.3, -0.25) is 9.69 Å². The number of para-hydroxylation sites is 1. The topological polar surface area (TPSA) is 70.1 Å². The highest BCUT2D eigenvalue weighted by atomic mass is 79.9. The van der Waals surface area contributed by atoms with E-state index in [0.717, 1.165) is 45.4 Å². The van der Waals surface area contributed by atoms with E-state index in [-0.39, 0.29) is 5.78 Å². The standard InChI is InChI=1S/C24H22BrN3O/c1-14-10-11-16(15(2)12-14)22-17(13-26)24(27)28(19-7-4-3-6-18(19)25)20-8-5-9-21(29)23(20)22/h3-4,6-7,10-12,22H,5,8-9,27H2,1-2H3. The lowest BCUT2D eigenvalue weighted by atomic mass is 9.74. The molecule has 0 bridgehead atoms. The van der Waals surface area contributed by atoms with Crippen LogP contribution < -0.4 is 10.6 Å². The van der Waals surface area contributed by atoms with Crippen molar-refractivity contribution in [2.75, 3.05) is 4.90 Å². The van der Waals surface area contributed by atoms with Crippen molar-refractivity contribution in [3.63, 3.8) is 0 Å². The van der Waals surface area contributed by atoms with Crippen molar-refractivity contribution in [3.8, 4) is 6.07 Å². The van der Waals surface area contributed by atoms with Crippen LogP contribution in [-0.2, 0) is 4.79 Å². The van der Waals surface area contributed by atoms with Crippen LogP contribution in [-0.4, -0.2) is 5.78 Å². The van der Waals surface area contributed by atoms with Crippen molar-refractivity contribution in [1.29, 1.82) is 5.26 Å². The highest BCUT2D eigenvalue weighted by Gasteiger charge is 2.41. The van der Waals surface area contributed by atoms with Crippen molar-refractivity contribution >= 4 is 27.4 Å². The number of nitriles is 1. The molecule has 0 saturated heterocycles. The fourth-order valence-corrected chi connectivity index (χ4v) is 4.92. The van der Waals surface area contributed by atoms with Gasteiger partial charge in [0.2, 0.25) is 0 Å². The molecule has 0 aromatic heterocycles. The third-order valence-corrected chi connectivity index (χ3v) is 6.41. The molecule has 0 amide bonds. The monoisotopic (exact) mass is 447 g/mol. The molecule has 1 aliphatic carbocycles. The van der Waals surface area contributed by atoms with Gasteiger partial charge in [-0.25, -0.2) is 0 Å². The second-order valence-corrected chi connectivity index (χ2v) is 8.48. The van der Waals surface area contributed by atoms with Gasteiger partial charge in [0.25, 0.3) is 0 Å². The Bertz CT molecular complexity index is 1120. The van der Waals surface area contributed by atoms with Gasteiger partial charge in [-0.05, 0) is 65.9 Å². The maximum absolute atomic E-state index is 13.2. The lowest BCUT2D eigenvalue weighted by Crippen LogP contribution is -2.39. The number of benzene rings is 2. The van der Waals surface area contributed by atoms with Crippen molar-refractivity contribution in [1.82, 2.24) is 0 Å². The maximum atomic E-state index is 13.2. The van der Waals surface area contributed by atoms with Crippen LogP contribution in [0, 0.1) is 25.2 Å². The molecule has 2 aromatic carbocycles. The number of aryl methyl sites for hydroxylation is 2. The van der Waals surface area contributed by atoms with Crippen LogP contribution in [0.3, 0.4) is 0 Å². The number of Topliss-reactive ketones (excluding diaryl/α,β-unsaturated/α-hetero) is 1. The first kappa shape index (κ1) is 19.5. The molecular formula is C24H22BrN3O. The van der Waals surface area contributed by atoms with Gasteiger partial charge in [0, 0.05) is 22.2 Å². The van der Waals surface area contributed by atoms with Gasteiger partial charge < -0.3 is 5.73 Å². The Labute approximate surface area is 179 Å². The zero-order valence-corrected chi connectivity index (χ0v) is 18.1. The summed E-state index contributed by atoms with van der Waals surface area (Å²) < 4.78 is 0.870. The summed E-state index contributed by atoms with van der Waals surface area (Å²) in [5.41, 5.74) is 12.7. The van der Waals surface area contributed by atoms with Gasteiger partial charge in [-0.15, -0.1) is 0 Å². The number of hydrogen-bond donors (Lipinski definition) is 1. The molecule has 0 radical (unpaired) electrons. The predicted octanol–water partition coefficient (Wildman–Crippen LogP) is 5.37. The Balaban J connectivity index is 2.01. The Hall–Kier alpha value is -2.84. The zero-order valence-electron chi connectivity index (χ0n) is 16.5. The van der Waals surface area contributed by atoms with Gasteiger partial charge in [-0.1, -0.05) is 35.9 Å². The summed E-state index contributed by atoms with van der Waals surface area (Å²) in [5, 5.41) is 10.1. The predicted molar refractivity (Wildman–Crippen MR) is 118 cm³/mol. The molecule has 0 spiro atoms. The van der Waals surface area contributed by atoms with E-state index in [9.17, 15) is 10.1 Å². The van der Waals surface area contributed by atoms with Gasteiger partial charge in [0.05, 0.1) is 23.2 Å². The third-order valence-electron chi connectivity index (χ3n) is 5.74. The molecule has 1 aliphatic heterocycles. The van der Waals surface area contributed by atoms with Gasteiger partial charge >= 0.3 is 0 Å². The molecule has 1 unspecified atom stereocenters. The maximum Gasteiger partial charge on any atom is 0.161 e. The zero-order chi connectivity index (χ0) is 20.7. The highest BCUT2D eigenvalue weighted by Crippen LogP contribution is 2.47. The molecule has 2 aliphatic rings. The normalized spacial score (nSPS) is 19.3. The molecule has 146 valence electrons. The summed E-state index contributed by atoms with van der Waals surface area (Å²) >= 11 is 3.60. The summed E-state index contributed by atoms with van der Waals surface area (Å²) in [6.07, 6.45) is 2.04. The first-order valence-corrected chi connectivity index (χ1v) is 10.5. The van der Waals surface area contributed by atoms with Crippen LogP contribution in [0.2, 0.25) is 0 Å². The van der Waals surface area contributed by atoms with E-state index in [4.69, 9.17) is 5.73 Å². The number of carbonyl (C=O) groups excluding carboxylic acids is 1. The first-order valence-electron chi connectivity index (χ1n) is 9.71. The number of nitrogens with two attached hydrogens (primary N) is 1. The van der Waals surface area contributed by atoms with Crippen molar-refractivity contribution in [2.24, 2.45) is 5.73 Å². The van der Waals surface area contributed by atoms with Gasteiger partial charge in [0.1, 0.15) is 5.82 Å². The molecule has 1 atom stereocenters.